The number of nitrogens with one attached hydrogen (secondary N) is 1. The van der Waals surface area contributed by atoms with Crippen LogP contribution >= 0.6 is 0 Å². The van der Waals surface area contributed by atoms with Gasteiger partial charge in [0.2, 0.25) is 5.91 Å². The van der Waals surface area contributed by atoms with Crippen LogP contribution in [-0.2, 0) is 16.0 Å². The standard InChI is InChI=1S/C13H17NO4/c15-8-4-7-12(16)14-11(13(17)18)9-10-5-2-1-3-6-10/h1-3,5-6,11,15H,4,7-9H2,(H,14,16)(H,17,18)/t11-/m0/s1. The second kappa shape index (κ2) is 7.45. The van der Waals surface area contributed by atoms with E-state index >= 15 is 0 Å². The van der Waals surface area contributed by atoms with Crippen molar-refractivity contribution in [2.24, 2.45) is 0 Å². The van der Waals surface area contributed by atoms with Crippen molar-refractivity contribution >= 4 is 11.9 Å². The minimum atomic E-state index is -1.06. The van der Waals surface area contributed by atoms with Crippen LogP contribution in [-0.4, -0.2) is 34.7 Å². The number of hydrogen-bond acceptors (Lipinski definition) is 3. The Morgan fingerprint density at radius 3 is 2.44 bits per heavy atom. The lowest BCUT2D eigenvalue weighted by Gasteiger charge is -2.14. The van der Waals surface area contributed by atoms with Crippen molar-refractivity contribution in [2.75, 3.05) is 6.61 Å². The topological polar surface area (TPSA) is 86.6 Å². The summed E-state index contributed by atoms with van der Waals surface area (Å²) < 4.78 is 0. The normalized spacial score (nSPS) is 11.8. The summed E-state index contributed by atoms with van der Waals surface area (Å²) in [7, 11) is 0. The summed E-state index contributed by atoms with van der Waals surface area (Å²) in [5.74, 6) is -1.41. The van der Waals surface area contributed by atoms with E-state index in [4.69, 9.17) is 10.2 Å². The molecule has 0 aliphatic heterocycles. The number of carbonyl (C=O) groups is 2. The summed E-state index contributed by atoms with van der Waals surface area (Å²) in [6.07, 6.45) is 0.722. The lowest BCUT2D eigenvalue weighted by atomic mass is 10.1. The van der Waals surface area contributed by atoms with E-state index in [1.165, 1.54) is 0 Å². The third-order valence-electron chi connectivity index (χ3n) is 2.48. The van der Waals surface area contributed by atoms with Gasteiger partial charge in [-0.1, -0.05) is 30.3 Å². The van der Waals surface area contributed by atoms with Gasteiger partial charge in [0.05, 0.1) is 0 Å². The Morgan fingerprint density at radius 1 is 1.22 bits per heavy atom. The molecular weight excluding hydrogens is 234 g/mol. The van der Waals surface area contributed by atoms with Crippen LogP contribution in [0, 0.1) is 0 Å². The van der Waals surface area contributed by atoms with Crippen molar-refractivity contribution in [1.29, 1.82) is 0 Å². The maximum absolute atomic E-state index is 11.4. The largest absolute Gasteiger partial charge is 0.480 e. The number of aliphatic carboxylic acids is 1. The van der Waals surface area contributed by atoms with Gasteiger partial charge in [-0.3, -0.25) is 4.79 Å². The summed E-state index contributed by atoms with van der Waals surface area (Å²) in [6, 6.07) is 8.19. The van der Waals surface area contributed by atoms with Crippen LogP contribution in [0.2, 0.25) is 0 Å². The lowest BCUT2D eigenvalue weighted by Crippen LogP contribution is -2.42. The summed E-state index contributed by atoms with van der Waals surface area (Å²) in [6.45, 7) is -0.0795. The number of carbonyl (C=O) groups excluding carboxylic acids is 1. The first kappa shape index (κ1) is 14.2. The van der Waals surface area contributed by atoms with Gasteiger partial charge in [-0.25, -0.2) is 4.79 Å². The van der Waals surface area contributed by atoms with Crippen molar-refractivity contribution in [1.82, 2.24) is 5.32 Å². The number of aliphatic hydroxyl groups excluding tert-OH is 1. The first-order chi connectivity index (χ1) is 8.63. The second-order valence-electron chi connectivity index (χ2n) is 3.98. The molecule has 1 atom stereocenters. The molecule has 0 aromatic heterocycles. The van der Waals surface area contributed by atoms with Gasteiger partial charge in [-0.2, -0.15) is 0 Å². The Morgan fingerprint density at radius 2 is 1.89 bits per heavy atom. The van der Waals surface area contributed by atoms with E-state index in [-0.39, 0.29) is 25.4 Å². The Labute approximate surface area is 105 Å². The highest BCUT2D eigenvalue weighted by Gasteiger charge is 2.19. The minimum Gasteiger partial charge on any atom is -0.480 e. The molecule has 0 saturated carbocycles. The third-order valence-corrected chi connectivity index (χ3v) is 2.48. The molecule has 0 heterocycles. The molecule has 0 bridgehead atoms. The van der Waals surface area contributed by atoms with E-state index in [1.807, 2.05) is 30.3 Å². The summed E-state index contributed by atoms with van der Waals surface area (Å²) >= 11 is 0. The highest BCUT2D eigenvalue weighted by atomic mass is 16.4. The van der Waals surface area contributed by atoms with E-state index in [2.05, 4.69) is 5.32 Å². The molecule has 98 valence electrons. The van der Waals surface area contributed by atoms with Gasteiger partial charge in [-0.05, 0) is 12.0 Å². The zero-order valence-corrected chi connectivity index (χ0v) is 10.0. The van der Waals surface area contributed by atoms with Gasteiger partial charge in [0, 0.05) is 19.4 Å². The maximum Gasteiger partial charge on any atom is 0.326 e. The van der Waals surface area contributed by atoms with Crippen LogP contribution < -0.4 is 5.32 Å². The van der Waals surface area contributed by atoms with E-state index < -0.39 is 12.0 Å². The molecule has 0 aliphatic carbocycles. The number of rotatable bonds is 7. The Balaban J connectivity index is 2.55. The number of benzene rings is 1. The molecular formula is C13H17NO4. The molecule has 5 nitrogen and oxygen atoms in total. The number of carboxylic acids is 1. The average Bonchev–Trinajstić information content (AvgIpc) is 2.36. The molecule has 18 heavy (non-hydrogen) atoms. The molecule has 1 aromatic rings. The number of amides is 1. The van der Waals surface area contributed by atoms with E-state index in [0.717, 1.165) is 5.56 Å². The van der Waals surface area contributed by atoms with Gasteiger partial charge in [0.15, 0.2) is 0 Å². The molecule has 0 saturated heterocycles. The van der Waals surface area contributed by atoms with E-state index in [1.54, 1.807) is 0 Å². The van der Waals surface area contributed by atoms with Crippen molar-refractivity contribution in [2.45, 2.75) is 25.3 Å². The van der Waals surface area contributed by atoms with Crippen LogP contribution in [0.3, 0.4) is 0 Å². The highest BCUT2D eigenvalue weighted by Crippen LogP contribution is 2.04. The van der Waals surface area contributed by atoms with Gasteiger partial charge in [-0.15, -0.1) is 0 Å². The minimum absolute atomic E-state index is 0.0795. The molecule has 0 spiro atoms. The second-order valence-corrected chi connectivity index (χ2v) is 3.98. The SMILES string of the molecule is O=C(CCCO)N[C@@H](Cc1ccccc1)C(=O)O. The molecule has 3 N–H and O–H groups in total. The van der Waals surface area contributed by atoms with Crippen LogP contribution in [0.1, 0.15) is 18.4 Å². The molecule has 0 radical (unpaired) electrons. The molecule has 1 rings (SSSR count). The van der Waals surface area contributed by atoms with E-state index in [9.17, 15) is 9.59 Å². The molecule has 5 heteroatoms. The van der Waals surface area contributed by atoms with Crippen molar-refractivity contribution < 1.29 is 19.8 Å². The van der Waals surface area contributed by atoms with Crippen molar-refractivity contribution in [3.8, 4) is 0 Å². The zero-order valence-electron chi connectivity index (χ0n) is 10.0. The van der Waals surface area contributed by atoms with Crippen LogP contribution in [0.4, 0.5) is 0 Å². The average molecular weight is 251 g/mol. The fourth-order valence-electron chi connectivity index (χ4n) is 1.56. The smallest absolute Gasteiger partial charge is 0.326 e. The maximum atomic E-state index is 11.4. The number of aliphatic hydroxyl groups is 1. The fraction of sp³-hybridized carbons (Fsp3) is 0.385. The zero-order chi connectivity index (χ0) is 13.4. The Bertz CT molecular complexity index is 391. The summed E-state index contributed by atoms with van der Waals surface area (Å²) in [4.78, 5) is 22.5. The number of carboxylic acid groups (broad SMARTS) is 1. The monoisotopic (exact) mass is 251 g/mol. The summed E-state index contributed by atoms with van der Waals surface area (Å²) in [5, 5.41) is 20.1. The van der Waals surface area contributed by atoms with Crippen molar-refractivity contribution in [3.05, 3.63) is 35.9 Å². The van der Waals surface area contributed by atoms with Gasteiger partial charge >= 0.3 is 5.97 Å². The van der Waals surface area contributed by atoms with Crippen molar-refractivity contribution in [3.63, 3.8) is 0 Å². The first-order valence-corrected chi connectivity index (χ1v) is 5.80. The van der Waals surface area contributed by atoms with E-state index in [0.29, 0.717) is 6.42 Å². The van der Waals surface area contributed by atoms with Gasteiger partial charge in [0.1, 0.15) is 6.04 Å². The molecule has 1 amide bonds. The Kier molecular flexibility index (Phi) is 5.87. The summed E-state index contributed by atoms with van der Waals surface area (Å²) in [5.41, 5.74) is 0.854. The third kappa shape index (κ3) is 4.97. The fourth-order valence-corrected chi connectivity index (χ4v) is 1.56. The van der Waals surface area contributed by atoms with Crippen LogP contribution in [0.25, 0.3) is 0 Å². The van der Waals surface area contributed by atoms with Crippen LogP contribution in [0.5, 0.6) is 0 Å². The number of hydrogen-bond donors (Lipinski definition) is 3. The molecule has 0 fully saturated rings. The quantitative estimate of drug-likeness (QED) is 0.661. The first-order valence-electron chi connectivity index (χ1n) is 5.80. The van der Waals surface area contributed by atoms with Gasteiger partial charge in [0.25, 0.3) is 0 Å². The predicted molar refractivity (Wildman–Crippen MR) is 66.0 cm³/mol. The van der Waals surface area contributed by atoms with Crippen LogP contribution in [0.15, 0.2) is 30.3 Å². The van der Waals surface area contributed by atoms with Gasteiger partial charge < -0.3 is 15.5 Å². The molecule has 0 unspecified atom stereocenters. The highest BCUT2D eigenvalue weighted by molar-refractivity contribution is 5.83. The predicted octanol–water partition coefficient (Wildman–Crippen LogP) is 0.571. The lowest BCUT2D eigenvalue weighted by molar-refractivity contribution is -0.141. The molecule has 0 aliphatic rings. The molecule has 1 aromatic carbocycles. The Hall–Kier alpha value is -1.88.